The molecule has 0 radical (unpaired) electrons. The van der Waals surface area contributed by atoms with Gasteiger partial charge in [0, 0.05) is 17.5 Å². The summed E-state index contributed by atoms with van der Waals surface area (Å²) in [5, 5.41) is 0. The molecule has 0 atom stereocenters. The lowest BCUT2D eigenvalue weighted by Gasteiger charge is -2.09. The van der Waals surface area contributed by atoms with Crippen LogP contribution in [-0.2, 0) is 9.47 Å². The predicted molar refractivity (Wildman–Crippen MR) is 69.6 cm³/mol. The largest absolute Gasteiger partial charge is 0.346 e. The monoisotopic (exact) mass is 248 g/mol. The molecule has 1 aromatic carbocycles. The maximum absolute atomic E-state index is 11.9. The lowest BCUT2D eigenvalue weighted by Crippen LogP contribution is -2.01. The van der Waals surface area contributed by atoms with Crippen LogP contribution in [0.25, 0.3) is 0 Å². The van der Waals surface area contributed by atoms with Crippen LogP contribution in [0.3, 0.4) is 0 Å². The highest BCUT2D eigenvalue weighted by molar-refractivity contribution is 5.96. The topological polar surface area (TPSA) is 35.5 Å². The van der Waals surface area contributed by atoms with E-state index in [0.29, 0.717) is 19.6 Å². The van der Waals surface area contributed by atoms with Crippen molar-refractivity contribution in [3.8, 4) is 0 Å². The number of carbonyl (C=O) groups excluding carboxylic acids is 1. The molecule has 0 aromatic heterocycles. The summed E-state index contributed by atoms with van der Waals surface area (Å²) in [6.07, 6.45) is 3.63. The van der Waals surface area contributed by atoms with Crippen LogP contribution in [0.2, 0.25) is 0 Å². The van der Waals surface area contributed by atoms with Crippen molar-refractivity contribution in [1.82, 2.24) is 0 Å². The Morgan fingerprint density at radius 3 is 2.44 bits per heavy atom. The standard InChI is InChI=1S/C15H20O3/c1-2-3-4-5-14(16)12-6-8-13(9-7-12)15-17-10-11-18-15/h6-9,15H,2-5,10-11H2,1H3. The molecule has 0 saturated carbocycles. The average molecular weight is 248 g/mol. The van der Waals surface area contributed by atoms with Crippen molar-refractivity contribution in [3.05, 3.63) is 35.4 Å². The minimum atomic E-state index is -0.255. The first-order valence-corrected chi connectivity index (χ1v) is 6.67. The number of rotatable bonds is 6. The molecule has 98 valence electrons. The second-order valence-corrected chi connectivity index (χ2v) is 4.58. The number of unbranched alkanes of at least 4 members (excludes halogenated alkanes) is 2. The SMILES string of the molecule is CCCCCC(=O)c1ccc(C2OCCO2)cc1. The van der Waals surface area contributed by atoms with Crippen molar-refractivity contribution in [2.24, 2.45) is 0 Å². The summed E-state index contributed by atoms with van der Waals surface area (Å²) in [6.45, 7) is 3.42. The number of Topliss-reactive ketones (excluding diaryl/α,β-unsaturated/α-hetero) is 1. The van der Waals surface area contributed by atoms with Gasteiger partial charge in [0.05, 0.1) is 13.2 Å². The van der Waals surface area contributed by atoms with E-state index in [1.54, 1.807) is 0 Å². The van der Waals surface area contributed by atoms with Crippen LogP contribution in [0.15, 0.2) is 24.3 Å². The smallest absolute Gasteiger partial charge is 0.184 e. The third-order valence-electron chi connectivity index (χ3n) is 3.13. The Morgan fingerprint density at radius 1 is 1.17 bits per heavy atom. The van der Waals surface area contributed by atoms with Crippen molar-refractivity contribution in [3.63, 3.8) is 0 Å². The van der Waals surface area contributed by atoms with Crippen LogP contribution in [0.4, 0.5) is 0 Å². The van der Waals surface area contributed by atoms with E-state index >= 15 is 0 Å². The Labute approximate surface area is 108 Å². The zero-order valence-corrected chi connectivity index (χ0v) is 10.9. The quantitative estimate of drug-likeness (QED) is 0.571. The molecule has 1 saturated heterocycles. The van der Waals surface area contributed by atoms with Gasteiger partial charge < -0.3 is 9.47 Å². The van der Waals surface area contributed by atoms with Gasteiger partial charge in [-0.1, -0.05) is 44.0 Å². The van der Waals surface area contributed by atoms with Gasteiger partial charge in [-0.25, -0.2) is 0 Å². The summed E-state index contributed by atoms with van der Waals surface area (Å²) in [7, 11) is 0. The molecule has 0 spiro atoms. The first kappa shape index (κ1) is 13.2. The second kappa shape index (κ2) is 6.66. The van der Waals surface area contributed by atoms with Crippen molar-refractivity contribution in [2.75, 3.05) is 13.2 Å². The third-order valence-corrected chi connectivity index (χ3v) is 3.13. The van der Waals surface area contributed by atoms with E-state index < -0.39 is 0 Å². The fraction of sp³-hybridized carbons (Fsp3) is 0.533. The third kappa shape index (κ3) is 3.40. The molecule has 3 nitrogen and oxygen atoms in total. The highest BCUT2D eigenvalue weighted by Crippen LogP contribution is 2.23. The number of hydrogen-bond acceptors (Lipinski definition) is 3. The average Bonchev–Trinajstić information content (AvgIpc) is 2.93. The van der Waals surface area contributed by atoms with Crippen molar-refractivity contribution >= 4 is 5.78 Å². The molecule has 0 bridgehead atoms. The molecule has 1 fully saturated rings. The van der Waals surface area contributed by atoms with E-state index in [2.05, 4.69) is 6.92 Å². The minimum Gasteiger partial charge on any atom is -0.346 e. The maximum atomic E-state index is 11.9. The first-order valence-electron chi connectivity index (χ1n) is 6.67. The Balaban J connectivity index is 1.92. The molecule has 0 aliphatic carbocycles. The first-order chi connectivity index (χ1) is 8.81. The van der Waals surface area contributed by atoms with Gasteiger partial charge in [0.2, 0.25) is 0 Å². The van der Waals surface area contributed by atoms with Gasteiger partial charge in [-0.05, 0) is 6.42 Å². The van der Waals surface area contributed by atoms with E-state index in [-0.39, 0.29) is 12.1 Å². The van der Waals surface area contributed by atoms with Crippen LogP contribution in [0.5, 0.6) is 0 Å². The molecule has 0 unspecified atom stereocenters. The molecule has 3 heteroatoms. The maximum Gasteiger partial charge on any atom is 0.184 e. The zero-order valence-electron chi connectivity index (χ0n) is 10.9. The Morgan fingerprint density at radius 2 is 1.83 bits per heavy atom. The molecule has 2 rings (SSSR count). The number of hydrogen-bond donors (Lipinski definition) is 0. The van der Waals surface area contributed by atoms with E-state index in [1.807, 2.05) is 24.3 Å². The van der Waals surface area contributed by atoms with E-state index in [0.717, 1.165) is 30.4 Å². The molecular formula is C15H20O3. The molecule has 18 heavy (non-hydrogen) atoms. The van der Waals surface area contributed by atoms with Crippen molar-refractivity contribution in [1.29, 1.82) is 0 Å². The molecule has 1 heterocycles. The van der Waals surface area contributed by atoms with Crippen LogP contribution in [0.1, 0.15) is 54.8 Å². The van der Waals surface area contributed by atoms with Crippen LogP contribution in [0, 0.1) is 0 Å². The second-order valence-electron chi connectivity index (χ2n) is 4.58. The molecule has 1 aromatic rings. The lowest BCUT2D eigenvalue weighted by molar-refractivity contribution is -0.0441. The molecular weight excluding hydrogens is 228 g/mol. The molecule has 0 N–H and O–H groups in total. The predicted octanol–water partition coefficient (Wildman–Crippen LogP) is 3.50. The van der Waals surface area contributed by atoms with Gasteiger partial charge in [0.1, 0.15) is 0 Å². The fourth-order valence-corrected chi connectivity index (χ4v) is 2.06. The number of carbonyl (C=O) groups is 1. The number of benzene rings is 1. The van der Waals surface area contributed by atoms with Crippen molar-refractivity contribution < 1.29 is 14.3 Å². The molecule has 1 aliphatic heterocycles. The lowest BCUT2D eigenvalue weighted by atomic mass is 10.0. The number of ether oxygens (including phenoxy) is 2. The van der Waals surface area contributed by atoms with Gasteiger partial charge in [-0.15, -0.1) is 0 Å². The highest BCUT2D eigenvalue weighted by Gasteiger charge is 2.18. The van der Waals surface area contributed by atoms with E-state index in [9.17, 15) is 4.79 Å². The fourth-order valence-electron chi connectivity index (χ4n) is 2.06. The highest BCUT2D eigenvalue weighted by atomic mass is 16.7. The van der Waals surface area contributed by atoms with Gasteiger partial charge in [0.25, 0.3) is 0 Å². The Kier molecular flexibility index (Phi) is 4.90. The van der Waals surface area contributed by atoms with E-state index in [4.69, 9.17) is 9.47 Å². The zero-order chi connectivity index (χ0) is 12.8. The van der Waals surface area contributed by atoms with Crippen LogP contribution in [-0.4, -0.2) is 19.0 Å². The summed E-state index contributed by atoms with van der Waals surface area (Å²) in [5.74, 6) is 0.225. The van der Waals surface area contributed by atoms with Gasteiger partial charge in [-0.2, -0.15) is 0 Å². The van der Waals surface area contributed by atoms with Gasteiger partial charge >= 0.3 is 0 Å². The van der Waals surface area contributed by atoms with Crippen molar-refractivity contribution in [2.45, 2.75) is 38.9 Å². The Bertz CT molecular complexity index is 377. The summed E-state index contributed by atoms with van der Waals surface area (Å²) in [4.78, 5) is 11.9. The normalized spacial score (nSPS) is 16.1. The van der Waals surface area contributed by atoms with E-state index in [1.165, 1.54) is 0 Å². The molecule has 1 aliphatic rings. The summed E-state index contributed by atoms with van der Waals surface area (Å²) < 4.78 is 10.8. The summed E-state index contributed by atoms with van der Waals surface area (Å²) >= 11 is 0. The summed E-state index contributed by atoms with van der Waals surface area (Å²) in [6, 6.07) is 7.58. The van der Waals surface area contributed by atoms with Crippen LogP contribution >= 0.6 is 0 Å². The minimum absolute atomic E-state index is 0.225. The summed E-state index contributed by atoms with van der Waals surface area (Å²) in [5.41, 5.74) is 1.77. The molecule has 0 amide bonds. The van der Waals surface area contributed by atoms with Crippen LogP contribution < -0.4 is 0 Å². The number of ketones is 1. The van der Waals surface area contributed by atoms with Gasteiger partial charge in [0.15, 0.2) is 12.1 Å². The Hall–Kier alpha value is -1.19. The van der Waals surface area contributed by atoms with Gasteiger partial charge in [-0.3, -0.25) is 4.79 Å².